The number of nitrogens with one attached hydrogen (secondary N) is 1. The summed E-state index contributed by atoms with van der Waals surface area (Å²) in [4.78, 5) is 12.8. The summed E-state index contributed by atoms with van der Waals surface area (Å²) in [6, 6.07) is 12.0. The lowest BCUT2D eigenvalue weighted by Crippen LogP contribution is -2.60. The van der Waals surface area contributed by atoms with Gasteiger partial charge in [-0.3, -0.25) is 4.79 Å². The van der Waals surface area contributed by atoms with E-state index in [1.165, 1.54) is 23.8 Å². The maximum absolute atomic E-state index is 12.8. The van der Waals surface area contributed by atoms with Crippen LogP contribution < -0.4 is 10.1 Å². The number of carbonyl (C=O) groups is 1. The van der Waals surface area contributed by atoms with Gasteiger partial charge in [-0.2, -0.15) is 0 Å². The zero-order valence-corrected chi connectivity index (χ0v) is 17.7. The summed E-state index contributed by atoms with van der Waals surface area (Å²) in [5.41, 5.74) is 1.91. The Balaban J connectivity index is 1.73. The number of aliphatic hydroxyl groups excluding tert-OH is 4. The number of hydrogen-bond donors (Lipinski definition) is 6. The first-order valence-corrected chi connectivity index (χ1v) is 10.5. The van der Waals surface area contributed by atoms with Crippen LogP contribution in [0.4, 0.5) is 0 Å². The molecule has 0 aliphatic carbocycles. The molecule has 0 spiro atoms. The Morgan fingerprint density at radius 2 is 1.72 bits per heavy atom. The molecule has 1 aliphatic rings. The van der Waals surface area contributed by atoms with Gasteiger partial charge >= 0.3 is 0 Å². The normalized spacial score (nSPS) is 25.3. The average Bonchev–Trinajstić information content (AvgIpc) is 2.79. The molecule has 1 fully saturated rings. The molecule has 0 saturated carbocycles. The molecule has 5 atom stereocenters. The van der Waals surface area contributed by atoms with Crippen molar-refractivity contribution in [3.8, 4) is 11.5 Å². The van der Waals surface area contributed by atoms with Gasteiger partial charge in [-0.05, 0) is 29.7 Å². The first-order chi connectivity index (χ1) is 15.3. The molecule has 1 saturated heterocycles. The van der Waals surface area contributed by atoms with Crippen LogP contribution in [0.2, 0.25) is 0 Å². The van der Waals surface area contributed by atoms with E-state index in [1.807, 2.05) is 24.3 Å². The molecule has 1 heterocycles. The van der Waals surface area contributed by atoms with Crippen LogP contribution in [-0.2, 0) is 17.7 Å². The first-order valence-electron chi connectivity index (χ1n) is 10.5. The minimum absolute atomic E-state index is 0.0925. The predicted octanol–water partition coefficient (Wildman–Crippen LogP) is 0.453. The number of benzene rings is 2. The van der Waals surface area contributed by atoms with Crippen LogP contribution in [0.15, 0.2) is 42.5 Å². The zero-order chi connectivity index (χ0) is 23.3. The zero-order valence-electron chi connectivity index (χ0n) is 17.7. The summed E-state index contributed by atoms with van der Waals surface area (Å²) in [6.45, 7) is 1.71. The number of aryl methyl sites for hydroxylation is 1. The Bertz CT molecular complexity index is 901. The first kappa shape index (κ1) is 24.0. The number of phenolic OH excluding ortho intramolecular Hbond substituents is 1. The van der Waals surface area contributed by atoms with Crippen LogP contribution >= 0.6 is 0 Å². The number of carbonyl (C=O) groups excluding carboxylic acids is 1. The van der Waals surface area contributed by atoms with Gasteiger partial charge in [0.2, 0.25) is 6.29 Å². The Morgan fingerprint density at radius 1 is 1.03 bits per heavy atom. The van der Waals surface area contributed by atoms with E-state index in [4.69, 9.17) is 9.47 Å². The third kappa shape index (κ3) is 5.37. The molecule has 0 bridgehead atoms. The molecule has 0 radical (unpaired) electrons. The summed E-state index contributed by atoms with van der Waals surface area (Å²) in [6.07, 6.45) is -5.44. The van der Waals surface area contributed by atoms with Crippen molar-refractivity contribution in [2.75, 3.05) is 6.61 Å². The second-order valence-electron chi connectivity index (χ2n) is 7.71. The summed E-state index contributed by atoms with van der Waals surface area (Å²) in [5.74, 6) is -1.05. The van der Waals surface area contributed by atoms with E-state index in [0.29, 0.717) is 0 Å². The highest BCUT2D eigenvalue weighted by Crippen LogP contribution is 2.31. The standard InChI is InChI=1S/C23H29NO8/c1-2-4-13-7-9-14(10-8-13)11-24-22(30)18-15(26)5-3-6-16(18)31-23-21(29)20(28)19(27)17(12-25)32-23/h3,5-10,17,19-21,23,25-29H,2,4,11-12H2,1H3,(H,24,30)/t17-,19-,20+,21-,23-/m1/s1. The predicted molar refractivity (Wildman–Crippen MR) is 114 cm³/mol. The topological polar surface area (TPSA) is 149 Å². The molecule has 0 unspecified atom stereocenters. The van der Waals surface area contributed by atoms with E-state index in [9.17, 15) is 30.3 Å². The third-order valence-electron chi connectivity index (χ3n) is 5.34. The summed E-state index contributed by atoms with van der Waals surface area (Å²) in [7, 11) is 0. The Hall–Kier alpha value is -2.69. The molecule has 9 nitrogen and oxygen atoms in total. The van der Waals surface area contributed by atoms with Crippen LogP contribution in [0.1, 0.15) is 34.8 Å². The van der Waals surface area contributed by atoms with Gasteiger partial charge in [-0.15, -0.1) is 0 Å². The number of rotatable bonds is 8. The molecule has 6 N–H and O–H groups in total. The minimum atomic E-state index is -1.65. The molecule has 32 heavy (non-hydrogen) atoms. The SMILES string of the molecule is CCCc1ccc(CNC(=O)c2c(O)cccc2O[C@@H]2O[C@H](CO)[C@@H](O)[C@H](O)[C@H]2O)cc1. The second-order valence-corrected chi connectivity index (χ2v) is 7.71. The number of aromatic hydroxyl groups is 1. The lowest BCUT2D eigenvalue weighted by Gasteiger charge is -2.39. The van der Waals surface area contributed by atoms with Gasteiger partial charge in [0.15, 0.2) is 0 Å². The van der Waals surface area contributed by atoms with Crippen molar-refractivity contribution >= 4 is 5.91 Å². The highest BCUT2D eigenvalue weighted by Gasteiger charge is 2.45. The number of phenols is 1. The van der Waals surface area contributed by atoms with E-state index in [-0.39, 0.29) is 23.6 Å². The number of amides is 1. The minimum Gasteiger partial charge on any atom is -0.507 e. The van der Waals surface area contributed by atoms with E-state index < -0.39 is 43.2 Å². The highest BCUT2D eigenvalue weighted by molar-refractivity contribution is 5.99. The third-order valence-corrected chi connectivity index (χ3v) is 5.34. The van der Waals surface area contributed by atoms with Crippen molar-refractivity contribution in [1.82, 2.24) is 5.32 Å². The van der Waals surface area contributed by atoms with E-state index in [2.05, 4.69) is 12.2 Å². The Kier molecular flexibility index (Phi) is 8.05. The Labute approximate surface area is 185 Å². The van der Waals surface area contributed by atoms with E-state index in [0.717, 1.165) is 18.4 Å². The summed E-state index contributed by atoms with van der Waals surface area (Å²) in [5, 5.41) is 52.3. The van der Waals surface area contributed by atoms with Gasteiger partial charge in [-0.25, -0.2) is 0 Å². The van der Waals surface area contributed by atoms with Crippen molar-refractivity contribution in [1.29, 1.82) is 0 Å². The Morgan fingerprint density at radius 3 is 2.38 bits per heavy atom. The molecular weight excluding hydrogens is 418 g/mol. The van der Waals surface area contributed by atoms with Crippen molar-refractivity contribution in [2.45, 2.75) is 57.0 Å². The fourth-order valence-corrected chi connectivity index (χ4v) is 3.52. The molecule has 2 aromatic rings. The summed E-state index contributed by atoms with van der Waals surface area (Å²) < 4.78 is 10.9. The quantitative estimate of drug-likeness (QED) is 0.342. The lowest BCUT2D eigenvalue weighted by molar-refractivity contribution is -0.277. The van der Waals surface area contributed by atoms with Crippen LogP contribution in [0.3, 0.4) is 0 Å². The van der Waals surface area contributed by atoms with Crippen LogP contribution in [0, 0.1) is 0 Å². The maximum Gasteiger partial charge on any atom is 0.259 e. The molecule has 0 aromatic heterocycles. The van der Waals surface area contributed by atoms with Crippen molar-refractivity contribution in [3.63, 3.8) is 0 Å². The lowest BCUT2D eigenvalue weighted by atomic mass is 9.99. The maximum atomic E-state index is 12.8. The van der Waals surface area contributed by atoms with Crippen LogP contribution in [0.5, 0.6) is 11.5 Å². The molecule has 2 aromatic carbocycles. The molecule has 1 amide bonds. The van der Waals surface area contributed by atoms with Crippen LogP contribution in [0.25, 0.3) is 0 Å². The van der Waals surface area contributed by atoms with Gasteiger partial charge in [0.25, 0.3) is 5.91 Å². The van der Waals surface area contributed by atoms with E-state index in [1.54, 1.807) is 0 Å². The molecule has 9 heteroatoms. The fraction of sp³-hybridized carbons (Fsp3) is 0.435. The molecule has 174 valence electrons. The van der Waals surface area contributed by atoms with Crippen molar-refractivity contribution < 1.29 is 39.8 Å². The summed E-state index contributed by atoms with van der Waals surface area (Å²) >= 11 is 0. The van der Waals surface area contributed by atoms with Crippen LogP contribution in [-0.4, -0.2) is 68.8 Å². The monoisotopic (exact) mass is 447 g/mol. The number of hydrogen-bond acceptors (Lipinski definition) is 8. The average molecular weight is 447 g/mol. The van der Waals surface area contributed by atoms with Gasteiger partial charge in [0.05, 0.1) is 6.61 Å². The van der Waals surface area contributed by atoms with E-state index >= 15 is 0 Å². The fourth-order valence-electron chi connectivity index (χ4n) is 3.52. The van der Waals surface area contributed by atoms with Gasteiger partial charge in [-0.1, -0.05) is 43.7 Å². The second kappa shape index (κ2) is 10.8. The number of ether oxygens (including phenoxy) is 2. The van der Waals surface area contributed by atoms with Gasteiger partial charge in [0.1, 0.15) is 41.5 Å². The molecular formula is C23H29NO8. The van der Waals surface area contributed by atoms with Gasteiger partial charge in [0, 0.05) is 6.54 Å². The molecule has 3 rings (SSSR count). The number of aliphatic hydroxyl groups is 4. The van der Waals surface area contributed by atoms with Gasteiger partial charge < -0.3 is 40.3 Å². The molecule has 1 aliphatic heterocycles. The highest BCUT2D eigenvalue weighted by atomic mass is 16.7. The smallest absolute Gasteiger partial charge is 0.259 e. The van der Waals surface area contributed by atoms with Crippen molar-refractivity contribution in [2.24, 2.45) is 0 Å². The van der Waals surface area contributed by atoms with Crippen molar-refractivity contribution in [3.05, 3.63) is 59.2 Å². The largest absolute Gasteiger partial charge is 0.507 e.